The van der Waals surface area contributed by atoms with Crippen molar-refractivity contribution in [3.8, 4) is 0 Å². The van der Waals surface area contributed by atoms with Crippen LogP contribution in [0.5, 0.6) is 0 Å². The number of nitrogens with zero attached hydrogens (tertiary/aromatic N) is 1. The van der Waals surface area contributed by atoms with E-state index in [9.17, 15) is 9.90 Å². The van der Waals surface area contributed by atoms with Crippen LogP contribution >= 0.6 is 0 Å². The summed E-state index contributed by atoms with van der Waals surface area (Å²) < 4.78 is 11.3. The summed E-state index contributed by atoms with van der Waals surface area (Å²) in [5.74, 6) is 0. The first-order valence-corrected chi connectivity index (χ1v) is 10.4. The number of carboxylic acid groups (broad SMARTS) is 1. The molecule has 0 bridgehead atoms. The molecule has 0 saturated carbocycles. The summed E-state index contributed by atoms with van der Waals surface area (Å²) in [6, 6.07) is 9.12. The first-order valence-electron chi connectivity index (χ1n) is 6.98. The van der Waals surface area contributed by atoms with E-state index in [4.69, 9.17) is 9.16 Å². The minimum atomic E-state index is -1.82. The van der Waals surface area contributed by atoms with Crippen molar-refractivity contribution in [3.63, 3.8) is 0 Å². The summed E-state index contributed by atoms with van der Waals surface area (Å²) in [7, 11) is -0.276. The topological polar surface area (TPSA) is 59.0 Å². The van der Waals surface area contributed by atoms with Crippen molar-refractivity contribution < 1.29 is 19.1 Å². The van der Waals surface area contributed by atoms with Gasteiger partial charge in [0.25, 0.3) is 0 Å². The zero-order chi connectivity index (χ0) is 16.0. The van der Waals surface area contributed by atoms with E-state index in [2.05, 4.69) is 0 Å². The van der Waals surface area contributed by atoms with E-state index in [0.717, 1.165) is 5.56 Å². The second-order valence-corrected chi connectivity index (χ2v) is 10.4. The highest BCUT2D eigenvalue weighted by atomic mass is 28.4. The van der Waals surface area contributed by atoms with Crippen LogP contribution in [0.4, 0.5) is 4.79 Å². The molecule has 5 nitrogen and oxygen atoms in total. The fourth-order valence-electron chi connectivity index (χ4n) is 2.00. The smallest absolute Gasteiger partial charge is 0.408 e. The van der Waals surface area contributed by atoms with Crippen LogP contribution in [0.2, 0.25) is 19.6 Å². The van der Waals surface area contributed by atoms with Crippen molar-refractivity contribution in [1.82, 2.24) is 4.90 Å². The molecule has 2 unspecified atom stereocenters. The standard InChI is InChI=1S/C15H25NO4Si/c1-12(14(19-2)20-21(3,4)5)16(15(17)18)11-13-9-7-6-8-10-13/h6-10,12,14H,11H2,1-5H3,(H,17,18). The van der Waals surface area contributed by atoms with Gasteiger partial charge in [0.05, 0.1) is 6.04 Å². The summed E-state index contributed by atoms with van der Waals surface area (Å²) in [5, 5.41) is 9.47. The number of hydrogen-bond acceptors (Lipinski definition) is 3. The number of methoxy groups -OCH3 is 1. The molecule has 1 N–H and O–H groups in total. The Bertz CT molecular complexity index is 447. The lowest BCUT2D eigenvalue weighted by Gasteiger charge is -2.35. The second-order valence-electron chi connectivity index (χ2n) is 5.97. The first-order chi connectivity index (χ1) is 9.74. The lowest BCUT2D eigenvalue weighted by molar-refractivity contribution is -0.104. The van der Waals surface area contributed by atoms with Crippen LogP contribution in [0.15, 0.2) is 30.3 Å². The lowest BCUT2D eigenvalue weighted by atomic mass is 10.2. The normalized spacial score (nSPS) is 14.5. The molecule has 6 heteroatoms. The third-order valence-electron chi connectivity index (χ3n) is 3.03. The largest absolute Gasteiger partial charge is 0.465 e. The predicted molar refractivity (Wildman–Crippen MR) is 84.7 cm³/mol. The molecule has 0 fully saturated rings. The average Bonchev–Trinajstić information content (AvgIpc) is 2.41. The lowest BCUT2D eigenvalue weighted by Crippen LogP contribution is -2.49. The van der Waals surface area contributed by atoms with Gasteiger partial charge < -0.3 is 14.3 Å². The van der Waals surface area contributed by atoms with Crippen molar-refractivity contribution >= 4 is 14.4 Å². The van der Waals surface area contributed by atoms with Crippen LogP contribution in [0.3, 0.4) is 0 Å². The molecule has 21 heavy (non-hydrogen) atoms. The Kier molecular flexibility index (Phi) is 6.38. The number of ether oxygens (including phenoxy) is 1. The van der Waals surface area contributed by atoms with Crippen LogP contribution in [0.25, 0.3) is 0 Å². The third kappa shape index (κ3) is 5.87. The number of rotatable bonds is 7. The molecule has 0 aliphatic heterocycles. The summed E-state index contributed by atoms with van der Waals surface area (Å²) in [6.45, 7) is 8.27. The molecular weight excluding hydrogens is 286 g/mol. The molecular formula is C15H25NO4Si. The third-order valence-corrected chi connectivity index (χ3v) is 3.97. The van der Waals surface area contributed by atoms with Gasteiger partial charge in [-0.2, -0.15) is 0 Å². The minimum absolute atomic E-state index is 0.312. The van der Waals surface area contributed by atoms with Crippen molar-refractivity contribution in [2.45, 2.75) is 45.4 Å². The molecule has 1 aromatic carbocycles. The fourth-order valence-corrected chi connectivity index (χ4v) is 2.99. The Morgan fingerprint density at radius 1 is 1.29 bits per heavy atom. The predicted octanol–water partition coefficient (Wildman–Crippen LogP) is 3.38. The van der Waals surface area contributed by atoms with Gasteiger partial charge in [0, 0.05) is 13.7 Å². The molecule has 2 atom stereocenters. The minimum Gasteiger partial charge on any atom is -0.465 e. The summed E-state index contributed by atoms with van der Waals surface area (Å²) in [5.41, 5.74) is 0.939. The highest BCUT2D eigenvalue weighted by molar-refractivity contribution is 6.69. The summed E-state index contributed by atoms with van der Waals surface area (Å²) in [4.78, 5) is 12.9. The molecule has 0 heterocycles. The van der Waals surface area contributed by atoms with Crippen LogP contribution in [-0.2, 0) is 15.7 Å². The molecule has 1 rings (SSSR count). The molecule has 0 saturated heterocycles. The van der Waals surface area contributed by atoms with Crippen molar-refractivity contribution in [2.75, 3.05) is 7.11 Å². The van der Waals surface area contributed by atoms with E-state index in [1.54, 1.807) is 7.11 Å². The van der Waals surface area contributed by atoms with Crippen molar-refractivity contribution in [2.24, 2.45) is 0 Å². The average molecular weight is 311 g/mol. The molecule has 1 amide bonds. The summed E-state index contributed by atoms with van der Waals surface area (Å²) >= 11 is 0. The molecule has 1 aromatic rings. The van der Waals surface area contributed by atoms with Gasteiger partial charge in [-0.15, -0.1) is 0 Å². The van der Waals surface area contributed by atoms with E-state index >= 15 is 0 Å². The monoisotopic (exact) mass is 311 g/mol. The summed E-state index contributed by atoms with van der Waals surface area (Å²) in [6.07, 6.45) is -1.54. The van der Waals surface area contributed by atoms with Gasteiger partial charge in [0.2, 0.25) is 0 Å². The molecule has 0 aliphatic rings. The Hall–Kier alpha value is -1.37. The molecule has 0 radical (unpaired) electrons. The Balaban J connectivity index is 2.85. The first kappa shape index (κ1) is 17.7. The number of benzene rings is 1. The van der Waals surface area contributed by atoms with Gasteiger partial charge in [-0.3, -0.25) is 4.90 Å². The maximum Gasteiger partial charge on any atom is 0.408 e. The quantitative estimate of drug-likeness (QED) is 0.619. The molecule has 0 aliphatic carbocycles. The van der Waals surface area contributed by atoms with Gasteiger partial charge in [-0.1, -0.05) is 30.3 Å². The van der Waals surface area contributed by atoms with Gasteiger partial charge in [0.15, 0.2) is 14.6 Å². The van der Waals surface area contributed by atoms with Crippen LogP contribution < -0.4 is 0 Å². The number of hydrogen-bond donors (Lipinski definition) is 1. The van der Waals surface area contributed by atoms with Gasteiger partial charge in [-0.25, -0.2) is 4.79 Å². The number of amides is 1. The van der Waals surface area contributed by atoms with Crippen molar-refractivity contribution in [3.05, 3.63) is 35.9 Å². The molecule has 0 spiro atoms. The van der Waals surface area contributed by atoms with E-state index in [1.807, 2.05) is 56.9 Å². The van der Waals surface area contributed by atoms with E-state index < -0.39 is 20.7 Å². The van der Waals surface area contributed by atoms with Crippen LogP contribution in [0, 0.1) is 0 Å². The zero-order valence-corrected chi connectivity index (χ0v) is 14.4. The van der Waals surface area contributed by atoms with Crippen LogP contribution in [0.1, 0.15) is 12.5 Å². The maximum absolute atomic E-state index is 11.6. The Morgan fingerprint density at radius 3 is 2.29 bits per heavy atom. The van der Waals surface area contributed by atoms with Gasteiger partial charge in [0.1, 0.15) is 0 Å². The number of carbonyl (C=O) groups is 1. The van der Waals surface area contributed by atoms with Crippen molar-refractivity contribution in [1.29, 1.82) is 0 Å². The highest BCUT2D eigenvalue weighted by Crippen LogP contribution is 2.17. The zero-order valence-electron chi connectivity index (χ0n) is 13.4. The van der Waals surface area contributed by atoms with E-state index in [-0.39, 0.29) is 6.04 Å². The fraction of sp³-hybridized carbons (Fsp3) is 0.533. The second kappa shape index (κ2) is 7.58. The van der Waals surface area contributed by atoms with Crippen LogP contribution in [-0.4, -0.2) is 43.9 Å². The highest BCUT2D eigenvalue weighted by Gasteiger charge is 2.31. The van der Waals surface area contributed by atoms with E-state index in [0.29, 0.717) is 6.54 Å². The Labute approximate surface area is 127 Å². The SMILES string of the molecule is COC(O[Si](C)(C)C)C(C)N(Cc1ccccc1)C(=O)O. The van der Waals surface area contributed by atoms with E-state index in [1.165, 1.54) is 4.90 Å². The van der Waals surface area contributed by atoms with Gasteiger partial charge in [-0.05, 0) is 32.1 Å². The Morgan fingerprint density at radius 2 is 1.86 bits per heavy atom. The van der Waals surface area contributed by atoms with Gasteiger partial charge >= 0.3 is 6.09 Å². The molecule has 118 valence electrons. The maximum atomic E-state index is 11.6. The molecule has 0 aromatic heterocycles.